The summed E-state index contributed by atoms with van der Waals surface area (Å²) < 4.78 is 0. The van der Waals surface area contributed by atoms with E-state index >= 15 is 0 Å². The van der Waals surface area contributed by atoms with Gasteiger partial charge in [-0.25, -0.2) is 4.99 Å². The minimum absolute atomic E-state index is 0.0318. The normalized spacial score (nSPS) is 20.6. The van der Waals surface area contributed by atoms with Gasteiger partial charge >= 0.3 is 23.9 Å². The monoisotopic (exact) mass is 1860 g/mol. The van der Waals surface area contributed by atoms with Crippen molar-refractivity contribution in [2.24, 2.45) is 27.6 Å². The van der Waals surface area contributed by atoms with E-state index in [1.165, 1.54) is 70.6 Å². The fourth-order valence-electron chi connectivity index (χ4n) is 13.6. The molecule has 5 aromatic carbocycles. The molecule has 0 spiro atoms. The van der Waals surface area contributed by atoms with Gasteiger partial charge in [0.1, 0.15) is 77.4 Å². The maximum Gasteiger partial charge on any atom is 0.305 e. The number of ketones is 1. The number of phenolic OH excluding ortho intramolecular Hbond substituents is 1. The Morgan fingerprint density at radius 1 is 0.585 bits per heavy atom. The third kappa shape index (κ3) is 33.6. The zero-order valence-electron chi connectivity index (χ0n) is 72.4. The highest BCUT2D eigenvalue weighted by atomic mass is 32.2. The summed E-state index contributed by atoms with van der Waals surface area (Å²) in [6, 6.07) is 11.3. The number of carbonyl (C=O) groups is 19. The Kier molecular flexibility index (Phi) is 39.3. The molecule has 13 atom stereocenters. The van der Waals surface area contributed by atoms with Crippen LogP contribution in [-0.4, -0.2) is 245 Å². The van der Waals surface area contributed by atoms with Crippen molar-refractivity contribution in [3.8, 4) is 5.75 Å². The molecule has 1 aliphatic carbocycles. The fourth-order valence-corrected chi connectivity index (χ4v) is 16.6. The van der Waals surface area contributed by atoms with Gasteiger partial charge in [-0.1, -0.05) is 138 Å². The first-order valence-corrected chi connectivity index (χ1v) is 44.8. The summed E-state index contributed by atoms with van der Waals surface area (Å²) in [5.74, 6) is -21.5. The number of primary amides is 2. The summed E-state index contributed by atoms with van der Waals surface area (Å²) in [7, 11) is 0. The molecule has 1 aliphatic heterocycles. The van der Waals surface area contributed by atoms with E-state index < -0.39 is 246 Å². The maximum atomic E-state index is 14.8. The molecule has 14 amide bonds. The second kappa shape index (κ2) is 49.1. The van der Waals surface area contributed by atoms with Gasteiger partial charge < -0.3 is 107 Å². The van der Waals surface area contributed by atoms with Crippen molar-refractivity contribution in [2.75, 3.05) is 17.3 Å². The van der Waals surface area contributed by atoms with E-state index in [2.05, 4.69) is 68.8 Å². The first kappa shape index (κ1) is 104. The maximum absolute atomic E-state index is 14.8. The number of hydrogen-bond donors (Lipinski definition) is 20. The smallest absolute Gasteiger partial charge is 0.305 e. The summed E-state index contributed by atoms with van der Waals surface area (Å²) in [6.45, 7) is 10.6. The molecule has 700 valence electrons. The van der Waals surface area contributed by atoms with Crippen LogP contribution in [0.5, 0.6) is 5.75 Å². The van der Waals surface area contributed by atoms with Crippen LogP contribution in [0.2, 0.25) is 0 Å². The van der Waals surface area contributed by atoms with Gasteiger partial charge in [0.15, 0.2) is 5.78 Å². The van der Waals surface area contributed by atoms with Gasteiger partial charge in [0.2, 0.25) is 70.9 Å². The number of aliphatic imine (C=N–C) groups is 1. The van der Waals surface area contributed by atoms with E-state index in [0.29, 0.717) is 38.6 Å². The van der Waals surface area contributed by atoms with Crippen LogP contribution >= 0.6 is 35.3 Å². The zero-order valence-corrected chi connectivity index (χ0v) is 74.8. The number of benzene rings is 5. The summed E-state index contributed by atoms with van der Waals surface area (Å²) in [5, 5.41) is 81.1. The number of hydrogen-bond acceptors (Lipinski definition) is 25. The second-order valence-electron chi connectivity index (χ2n) is 32.9. The highest BCUT2D eigenvalue weighted by Crippen LogP contribution is 2.36. The number of phenols is 1. The van der Waals surface area contributed by atoms with Crippen LogP contribution in [0, 0.1) is 5.41 Å². The van der Waals surface area contributed by atoms with Crippen LogP contribution in [0.15, 0.2) is 120 Å². The van der Waals surface area contributed by atoms with Gasteiger partial charge in [0.05, 0.1) is 31.3 Å². The SMILES string of the molecule is CC(C)NC1CSCc2cc(CSCC(NC(=O)C(NC(=O)C(CC(=O)O)NC(=O)/C(Cc3ccc(O)cc3)=N\C(=O)C(Cc3ccccc3)NC(=O)C(N)CC(=O)O)C(C)(C)C)C(N)=O)cc(c2)CSCC(C(=O)NC2(CCC(=O)O)CC2=O)NC(=O)C(C)NC(=O)C(Cc2cccc3ccccc23)NC(=O)C(CCC(=O)O)NC(=O)C(CC(N)=O)NC(=O)C(C)NC1=O. The van der Waals surface area contributed by atoms with E-state index in [1.807, 2.05) is 0 Å². The fraction of sp³-hybridized carbons (Fsp3) is 0.448. The third-order valence-electron chi connectivity index (χ3n) is 20.5. The molecule has 13 unspecified atom stereocenters. The molecule has 0 saturated heterocycles. The van der Waals surface area contributed by atoms with Crippen molar-refractivity contribution in [3.63, 3.8) is 0 Å². The number of carboxylic acids is 4. The number of Topliss-reactive ketones (excluding diaryl/α,β-unsaturated/α-hetero) is 1. The van der Waals surface area contributed by atoms with E-state index in [-0.39, 0.29) is 77.6 Å². The van der Waals surface area contributed by atoms with E-state index in [0.717, 1.165) is 23.5 Å². The predicted octanol–water partition coefficient (Wildman–Crippen LogP) is -0.550. The molecular formula is C87H110N16O24S3. The average Bonchev–Trinajstić information content (AvgIpc) is 1.61. The highest BCUT2D eigenvalue weighted by molar-refractivity contribution is 7.99. The molecule has 130 heavy (non-hydrogen) atoms. The third-order valence-corrected chi connectivity index (χ3v) is 23.9. The number of fused-ring (bicyclic) bond motifs is 3. The molecule has 2 aliphatic rings. The van der Waals surface area contributed by atoms with Crippen molar-refractivity contribution >= 4 is 164 Å². The molecule has 0 radical (unpaired) electrons. The Balaban J connectivity index is 1.19. The quantitative estimate of drug-likeness (QED) is 0.0224. The second-order valence-corrected chi connectivity index (χ2v) is 36.0. The predicted molar refractivity (Wildman–Crippen MR) is 479 cm³/mol. The lowest BCUT2D eigenvalue weighted by Crippen LogP contribution is -2.61. The van der Waals surface area contributed by atoms with Crippen LogP contribution in [0.4, 0.5) is 0 Å². The molecule has 43 heteroatoms. The van der Waals surface area contributed by atoms with Gasteiger partial charge in [0.25, 0.3) is 11.8 Å². The first-order valence-electron chi connectivity index (χ1n) is 41.4. The van der Waals surface area contributed by atoms with Crippen LogP contribution in [0.3, 0.4) is 0 Å². The molecule has 1 fully saturated rings. The van der Waals surface area contributed by atoms with Crippen molar-refractivity contribution in [1.82, 2.24) is 63.8 Å². The van der Waals surface area contributed by atoms with Gasteiger partial charge in [-0.3, -0.25) is 91.1 Å². The molecule has 1 heterocycles. The molecule has 7 rings (SSSR count). The van der Waals surface area contributed by atoms with Crippen LogP contribution in [0.1, 0.15) is 133 Å². The minimum Gasteiger partial charge on any atom is -0.508 e. The summed E-state index contributed by atoms with van der Waals surface area (Å²) in [6.07, 6.45) is -6.31. The van der Waals surface area contributed by atoms with Gasteiger partial charge in [-0.15, -0.1) is 0 Å². The van der Waals surface area contributed by atoms with Gasteiger partial charge in [-0.2, -0.15) is 35.3 Å². The number of nitrogens with one attached hydrogen (secondary N) is 12. The Bertz CT molecular complexity index is 5070. The Morgan fingerprint density at radius 3 is 1.75 bits per heavy atom. The Labute approximate surface area is 760 Å². The lowest BCUT2D eigenvalue weighted by Gasteiger charge is -2.32. The van der Waals surface area contributed by atoms with E-state index in [4.69, 9.17) is 17.2 Å². The topological polar surface area (TPSA) is 660 Å². The largest absolute Gasteiger partial charge is 0.508 e. The Hall–Kier alpha value is -12.9. The number of rotatable bonds is 36. The number of aliphatic carboxylic acids is 4. The number of nitrogens with two attached hydrogens (primary N) is 3. The van der Waals surface area contributed by atoms with E-state index in [1.54, 1.807) is 105 Å². The molecule has 23 N–H and O–H groups in total. The van der Waals surface area contributed by atoms with Crippen LogP contribution in [0.25, 0.3) is 10.8 Å². The number of aromatic hydroxyl groups is 1. The summed E-state index contributed by atoms with van der Waals surface area (Å²) in [4.78, 5) is 263. The van der Waals surface area contributed by atoms with Gasteiger partial charge in [0, 0.05) is 79.1 Å². The molecular weight excluding hydrogens is 1750 g/mol. The number of carbonyl (C=O) groups excluding carboxylic acids is 15. The highest BCUT2D eigenvalue weighted by Gasteiger charge is 2.55. The standard InChI is InChI=1S/C87H110N16O24S3/c1-44(2)91-64-42-129-39-50-28-49(38-128-41-63(73(90)115)100-85(127)72(86(5,6)7)102-82(124)62(36-71(113)114)99-80(122)59(32-48-20-22-54(104)23-21-48)97-79(121)58(31-47-14-9-8-10-15-47)96-76(118)56(88)34-70(111)112)29-51(30-50)40-130-43-65(84(126)103-87(37-66(87)105)27-26-69(109)110)101-75(117)46(4)92-78(120)60(33-53-18-13-17-52-16-11-12-19-55(52)53)98-77(119)57(24-25-68(107)108)94-81(123)61(35-67(89)106)95-74(116)45(3)93-83(64)125/h8-23,28-30,44-46,56-58,60-65,72,91,104H,24-27,31-43,88H2,1-7H3,(H2,89,106)(H2,90,115)(H,92,120)(H,93,125)(H,94,123)(H,95,116)(H,96,118)(H,98,119)(H,99,122)(H,100,127)(H,101,117)(H,102,124)(H,103,126)(H,107,108)(H,109,110)(H,111,112)(H,113,114)/b97-59-. The first-order chi connectivity index (χ1) is 61.3. The van der Waals surface area contributed by atoms with Crippen LogP contribution in [-0.2, 0) is 128 Å². The molecule has 40 nitrogen and oxygen atoms in total. The molecule has 1 saturated carbocycles. The molecule has 5 aromatic rings. The van der Waals surface area contributed by atoms with E-state index in [9.17, 15) is 117 Å². The van der Waals surface area contributed by atoms with Crippen molar-refractivity contribution in [1.29, 1.82) is 0 Å². The van der Waals surface area contributed by atoms with Crippen LogP contribution < -0.4 is 81.0 Å². The molecule has 0 aromatic heterocycles. The minimum atomic E-state index is -2.03. The van der Waals surface area contributed by atoms with Crippen molar-refractivity contribution < 1.29 is 117 Å². The van der Waals surface area contributed by atoms with Crippen molar-refractivity contribution in [3.05, 3.63) is 149 Å². The lowest BCUT2D eigenvalue weighted by atomic mass is 9.85. The number of nitrogens with zero attached hydrogens (tertiary/aromatic N) is 1. The zero-order chi connectivity index (χ0) is 96.0. The number of amides is 14. The average molecular weight is 1860 g/mol. The summed E-state index contributed by atoms with van der Waals surface area (Å²) in [5.41, 5.74) is 16.9. The Morgan fingerprint density at radius 2 is 1.15 bits per heavy atom. The number of carboxylic acid groups (broad SMARTS) is 4. The number of thioether (sulfide) groups is 3. The van der Waals surface area contributed by atoms with Gasteiger partial charge in [-0.05, 0) is 88.4 Å². The molecule has 2 bridgehead atoms. The summed E-state index contributed by atoms with van der Waals surface area (Å²) >= 11 is 3.47. The lowest BCUT2D eigenvalue weighted by molar-refractivity contribution is -0.141. The van der Waals surface area contributed by atoms with Crippen molar-refractivity contribution in [2.45, 2.75) is 220 Å².